The number of imidazole rings is 1. The standard InChI is InChI=1S/C25H32N6O3/c1-7-16-10-17(23(32)28-18-13-31(14-18)24(33)34-25(2,3)4)8-9-20(16)30(6)22-11-21-19(12-26-22)27-15-29(21)5/h8-12,15,18H,7,13-14H2,1-6H3,(H,28,32). The Balaban J connectivity index is 1.43. The molecule has 1 aliphatic heterocycles. The van der Waals surface area contributed by atoms with Gasteiger partial charge in [-0.1, -0.05) is 6.92 Å². The summed E-state index contributed by atoms with van der Waals surface area (Å²) in [7, 11) is 3.93. The van der Waals surface area contributed by atoms with Crippen LogP contribution in [0.5, 0.6) is 0 Å². The molecule has 9 heteroatoms. The molecule has 0 radical (unpaired) electrons. The van der Waals surface area contributed by atoms with Crippen molar-refractivity contribution >= 4 is 34.5 Å². The molecule has 0 unspecified atom stereocenters. The molecular formula is C25H32N6O3. The van der Waals surface area contributed by atoms with Gasteiger partial charge in [-0.25, -0.2) is 14.8 Å². The number of anilines is 2. The Morgan fingerprint density at radius 3 is 2.62 bits per heavy atom. The maximum Gasteiger partial charge on any atom is 0.410 e. The van der Waals surface area contributed by atoms with Crippen molar-refractivity contribution in [1.29, 1.82) is 0 Å². The molecule has 2 aromatic heterocycles. The van der Waals surface area contributed by atoms with Crippen LogP contribution in [0.1, 0.15) is 43.6 Å². The first-order valence-electron chi connectivity index (χ1n) is 11.5. The molecule has 0 spiro atoms. The summed E-state index contributed by atoms with van der Waals surface area (Å²) < 4.78 is 7.33. The highest BCUT2D eigenvalue weighted by Gasteiger charge is 2.34. The van der Waals surface area contributed by atoms with Crippen LogP contribution in [0.3, 0.4) is 0 Å². The minimum absolute atomic E-state index is 0.0812. The average Bonchev–Trinajstić information content (AvgIpc) is 3.13. The van der Waals surface area contributed by atoms with Crippen molar-refractivity contribution in [1.82, 2.24) is 24.8 Å². The van der Waals surface area contributed by atoms with Crippen LogP contribution in [-0.2, 0) is 18.2 Å². The van der Waals surface area contributed by atoms with Crippen molar-refractivity contribution in [3.05, 3.63) is 47.9 Å². The molecule has 1 N–H and O–H groups in total. The van der Waals surface area contributed by atoms with Crippen molar-refractivity contribution in [3.8, 4) is 0 Å². The number of aryl methyl sites for hydroxylation is 2. The zero-order valence-corrected chi connectivity index (χ0v) is 20.6. The molecule has 3 heterocycles. The van der Waals surface area contributed by atoms with Gasteiger partial charge in [0.25, 0.3) is 5.91 Å². The lowest BCUT2D eigenvalue weighted by molar-refractivity contribution is 0.00533. The number of aromatic nitrogens is 3. The van der Waals surface area contributed by atoms with Crippen molar-refractivity contribution in [2.24, 2.45) is 7.05 Å². The Morgan fingerprint density at radius 2 is 1.94 bits per heavy atom. The third-order valence-corrected chi connectivity index (χ3v) is 5.89. The van der Waals surface area contributed by atoms with Gasteiger partial charge in [0, 0.05) is 44.5 Å². The summed E-state index contributed by atoms with van der Waals surface area (Å²) in [6.07, 6.45) is 3.96. The number of amides is 2. The largest absolute Gasteiger partial charge is 0.444 e. The zero-order valence-electron chi connectivity index (χ0n) is 20.6. The van der Waals surface area contributed by atoms with E-state index >= 15 is 0 Å². The van der Waals surface area contributed by atoms with Crippen molar-refractivity contribution in [2.45, 2.75) is 45.8 Å². The summed E-state index contributed by atoms with van der Waals surface area (Å²) in [5, 5.41) is 3.01. The number of carbonyl (C=O) groups is 2. The van der Waals surface area contributed by atoms with E-state index in [-0.39, 0.29) is 18.0 Å². The normalized spacial score (nSPS) is 14.1. The fourth-order valence-electron chi connectivity index (χ4n) is 3.98. The third kappa shape index (κ3) is 4.83. The first kappa shape index (κ1) is 23.5. The first-order valence-corrected chi connectivity index (χ1v) is 11.5. The van der Waals surface area contributed by atoms with Crippen molar-refractivity contribution in [3.63, 3.8) is 0 Å². The third-order valence-electron chi connectivity index (χ3n) is 5.89. The van der Waals surface area contributed by atoms with E-state index in [2.05, 4.69) is 22.2 Å². The van der Waals surface area contributed by atoms with Crippen LogP contribution in [0.2, 0.25) is 0 Å². The van der Waals surface area contributed by atoms with Crippen LogP contribution in [-0.4, -0.2) is 63.2 Å². The zero-order chi connectivity index (χ0) is 24.6. The Labute approximate surface area is 199 Å². The Morgan fingerprint density at radius 1 is 1.21 bits per heavy atom. The van der Waals surface area contributed by atoms with Gasteiger partial charge >= 0.3 is 6.09 Å². The second-order valence-electron chi connectivity index (χ2n) is 9.70. The van der Waals surface area contributed by atoms with E-state index in [4.69, 9.17) is 4.74 Å². The van der Waals surface area contributed by atoms with Gasteiger partial charge in [0.1, 0.15) is 16.9 Å². The molecule has 1 aliphatic rings. The Kier molecular flexibility index (Phi) is 6.20. The van der Waals surface area contributed by atoms with Gasteiger partial charge in [0.15, 0.2) is 0 Å². The Hall–Kier alpha value is -3.62. The van der Waals surface area contributed by atoms with Gasteiger partial charge in [-0.2, -0.15) is 0 Å². The van der Waals surface area contributed by atoms with Gasteiger partial charge in [-0.05, 0) is 51.0 Å². The topological polar surface area (TPSA) is 92.6 Å². The number of nitrogens with zero attached hydrogens (tertiary/aromatic N) is 5. The lowest BCUT2D eigenvalue weighted by Crippen LogP contribution is -2.61. The molecule has 0 saturated carbocycles. The summed E-state index contributed by atoms with van der Waals surface area (Å²) in [6.45, 7) is 8.47. The molecule has 9 nitrogen and oxygen atoms in total. The molecule has 3 aromatic rings. The van der Waals surface area contributed by atoms with Crippen LogP contribution in [0.25, 0.3) is 11.0 Å². The van der Waals surface area contributed by atoms with Crippen LogP contribution in [0.15, 0.2) is 36.8 Å². The monoisotopic (exact) mass is 464 g/mol. The molecule has 0 bridgehead atoms. The number of rotatable bonds is 5. The summed E-state index contributed by atoms with van der Waals surface area (Å²) in [4.78, 5) is 37.5. The maximum atomic E-state index is 12.8. The lowest BCUT2D eigenvalue weighted by Gasteiger charge is -2.40. The fraction of sp³-hybridized carbons (Fsp3) is 0.440. The summed E-state index contributed by atoms with van der Waals surface area (Å²) >= 11 is 0. The van der Waals surface area contributed by atoms with Gasteiger partial charge in [0.2, 0.25) is 0 Å². The molecule has 1 saturated heterocycles. The van der Waals surface area contributed by atoms with E-state index in [0.717, 1.165) is 34.5 Å². The van der Waals surface area contributed by atoms with Gasteiger partial charge < -0.3 is 24.4 Å². The van der Waals surface area contributed by atoms with E-state index in [1.54, 1.807) is 17.4 Å². The van der Waals surface area contributed by atoms with Crippen LogP contribution in [0.4, 0.5) is 16.3 Å². The number of fused-ring (bicyclic) bond motifs is 1. The number of likely N-dealkylation sites (tertiary alicyclic amines) is 1. The predicted molar refractivity (Wildman–Crippen MR) is 131 cm³/mol. The van der Waals surface area contributed by atoms with E-state index in [9.17, 15) is 9.59 Å². The minimum Gasteiger partial charge on any atom is -0.444 e. The molecular weight excluding hydrogens is 432 g/mol. The van der Waals surface area contributed by atoms with Gasteiger partial charge in [0.05, 0.1) is 24.1 Å². The van der Waals surface area contributed by atoms with E-state index in [1.807, 2.05) is 68.6 Å². The predicted octanol–water partition coefficient (Wildman–Crippen LogP) is 3.65. The number of hydrogen-bond acceptors (Lipinski definition) is 6. The number of pyridine rings is 1. The highest BCUT2D eigenvalue weighted by Crippen LogP contribution is 2.29. The molecule has 4 rings (SSSR count). The van der Waals surface area contributed by atoms with Crippen LogP contribution in [0, 0.1) is 0 Å². The van der Waals surface area contributed by atoms with Crippen LogP contribution < -0.4 is 10.2 Å². The summed E-state index contributed by atoms with van der Waals surface area (Å²) in [6, 6.07) is 7.63. The van der Waals surface area contributed by atoms with Crippen molar-refractivity contribution < 1.29 is 14.3 Å². The molecule has 0 atom stereocenters. The molecule has 1 fully saturated rings. The summed E-state index contributed by atoms with van der Waals surface area (Å²) in [5.74, 6) is 0.659. The number of nitrogens with one attached hydrogen (secondary N) is 1. The smallest absolute Gasteiger partial charge is 0.410 e. The molecule has 1 aromatic carbocycles. The second kappa shape index (κ2) is 8.96. The maximum absolute atomic E-state index is 12.8. The highest BCUT2D eigenvalue weighted by molar-refractivity contribution is 5.95. The molecule has 34 heavy (non-hydrogen) atoms. The van der Waals surface area contributed by atoms with Gasteiger partial charge in [-0.3, -0.25) is 4.79 Å². The lowest BCUT2D eigenvalue weighted by atomic mass is 10.0. The molecule has 0 aliphatic carbocycles. The Bertz CT molecular complexity index is 1220. The van der Waals surface area contributed by atoms with E-state index < -0.39 is 5.60 Å². The fourth-order valence-corrected chi connectivity index (χ4v) is 3.98. The SMILES string of the molecule is CCc1cc(C(=O)NC2CN(C(=O)OC(C)(C)C)C2)ccc1N(C)c1cc2c(cn1)ncn2C. The summed E-state index contributed by atoms with van der Waals surface area (Å²) in [5.41, 5.74) is 3.96. The number of hydrogen-bond donors (Lipinski definition) is 1. The second-order valence-corrected chi connectivity index (χ2v) is 9.70. The number of benzene rings is 1. The van der Waals surface area contributed by atoms with Gasteiger partial charge in [-0.15, -0.1) is 0 Å². The van der Waals surface area contributed by atoms with E-state index in [1.165, 1.54) is 0 Å². The number of carbonyl (C=O) groups excluding carboxylic acids is 2. The first-order chi connectivity index (χ1) is 16.1. The van der Waals surface area contributed by atoms with Crippen LogP contribution >= 0.6 is 0 Å². The molecule has 180 valence electrons. The minimum atomic E-state index is -0.532. The number of ether oxygens (including phenoxy) is 1. The van der Waals surface area contributed by atoms with Crippen molar-refractivity contribution in [2.75, 3.05) is 25.0 Å². The average molecular weight is 465 g/mol. The quantitative estimate of drug-likeness (QED) is 0.620. The highest BCUT2D eigenvalue weighted by atomic mass is 16.6. The van der Waals surface area contributed by atoms with E-state index in [0.29, 0.717) is 18.7 Å². The molecule has 2 amide bonds.